The van der Waals surface area contributed by atoms with Gasteiger partial charge in [0, 0.05) is 15.7 Å². The van der Waals surface area contributed by atoms with Crippen LogP contribution in [-0.2, 0) is 17.6 Å². The van der Waals surface area contributed by atoms with Gasteiger partial charge < -0.3 is 10.3 Å². The monoisotopic (exact) mass is 463 g/mol. The molecule has 1 aromatic heterocycles. The van der Waals surface area contributed by atoms with Gasteiger partial charge in [-0.15, -0.1) is 0 Å². The highest BCUT2D eigenvalue weighted by atomic mass is 79.9. The van der Waals surface area contributed by atoms with Crippen LogP contribution in [0.5, 0.6) is 0 Å². The summed E-state index contributed by atoms with van der Waals surface area (Å²) in [5, 5.41) is 3.38. The number of nitrogens with zero attached hydrogens (tertiary/aromatic N) is 1. The topological polar surface area (TPSA) is 74.8 Å². The van der Waals surface area contributed by atoms with Crippen molar-refractivity contribution in [2.45, 2.75) is 57.0 Å². The predicted octanol–water partition coefficient (Wildman–Crippen LogP) is 4.95. The molecule has 28 heavy (non-hydrogen) atoms. The first-order chi connectivity index (χ1) is 13.5. The maximum absolute atomic E-state index is 12.5. The van der Waals surface area contributed by atoms with E-state index in [4.69, 9.17) is 4.98 Å². The molecule has 1 aliphatic carbocycles. The van der Waals surface area contributed by atoms with Crippen molar-refractivity contribution in [3.8, 4) is 0 Å². The van der Waals surface area contributed by atoms with Gasteiger partial charge in [0.25, 0.3) is 5.56 Å². The van der Waals surface area contributed by atoms with Gasteiger partial charge in [-0.25, -0.2) is 4.98 Å². The minimum absolute atomic E-state index is 0.0703. The van der Waals surface area contributed by atoms with Crippen LogP contribution in [0.1, 0.15) is 50.3 Å². The molecule has 0 unspecified atom stereocenters. The highest BCUT2D eigenvalue weighted by Crippen LogP contribution is 2.27. The molecule has 1 saturated carbocycles. The van der Waals surface area contributed by atoms with Crippen molar-refractivity contribution in [2.75, 3.05) is 11.1 Å². The van der Waals surface area contributed by atoms with Gasteiger partial charge in [0.1, 0.15) is 0 Å². The Hall–Kier alpha value is -1.60. The first kappa shape index (κ1) is 21.1. The second-order valence-corrected chi connectivity index (χ2v) is 9.08. The zero-order chi connectivity index (χ0) is 19.9. The number of amides is 1. The summed E-state index contributed by atoms with van der Waals surface area (Å²) in [4.78, 5) is 32.3. The van der Waals surface area contributed by atoms with Crippen LogP contribution < -0.4 is 10.9 Å². The number of carbonyl (C=O) groups excluding carboxylic acids is 1. The number of aromatic amines is 1. The zero-order valence-electron chi connectivity index (χ0n) is 16.1. The van der Waals surface area contributed by atoms with Crippen LogP contribution in [0.15, 0.2) is 38.7 Å². The number of anilines is 1. The maximum atomic E-state index is 12.5. The molecule has 3 rings (SSSR count). The molecule has 1 fully saturated rings. The van der Waals surface area contributed by atoms with E-state index in [9.17, 15) is 9.59 Å². The summed E-state index contributed by atoms with van der Waals surface area (Å²) in [6, 6.07) is 7.43. The summed E-state index contributed by atoms with van der Waals surface area (Å²) in [6.45, 7) is 2.00. The lowest BCUT2D eigenvalue weighted by atomic mass is 9.85. The molecule has 1 aromatic carbocycles. The molecule has 0 saturated heterocycles. The number of halogens is 1. The van der Waals surface area contributed by atoms with E-state index < -0.39 is 0 Å². The molecule has 1 heterocycles. The van der Waals surface area contributed by atoms with E-state index in [-0.39, 0.29) is 17.2 Å². The lowest BCUT2D eigenvalue weighted by molar-refractivity contribution is -0.113. The van der Waals surface area contributed by atoms with Crippen molar-refractivity contribution in [3.63, 3.8) is 0 Å². The van der Waals surface area contributed by atoms with Crippen molar-refractivity contribution in [2.24, 2.45) is 5.92 Å². The molecule has 0 radical (unpaired) electrons. The second kappa shape index (κ2) is 10.3. The highest BCUT2D eigenvalue weighted by molar-refractivity contribution is 9.10. The average molecular weight is 464 g/mol. The fourth-order valence-electron chi connectivity index (χ4n) is 3.65. The van der Waals surface area contributed by atoms with Gasteiger partial charge in [0.05, 0.1) is 11.4 Å². The number of benzene rings is 1. The number of aromatic nitrogens is 2. The Morgan fingerprint density at radius 2 is 1.96 bits per heavy atom. The van der Waals surface area contributed by atoms with E-state index in [1.54, 1.807) is 0 Å². The van der Waals surface area contributed by atoms with Gasteiger partial charge in [-0.1, -0.05) is 66.7 Å². The van der Waals surface area contributed by atoms with Crippen molar-refractivity contribution < 1.29 is 4.79 Å². The number of hydrogen-bond donors (Lipinski definition) is 2. The molecule has 150 valence electrons. The number of nitrogens with one attached hydrogen (secondary N) is 2. The van der Waals surface area contributed by atoms with Crippen LogP contribution in [0, 0.1) is 5.92 Å². The number of H-pyrrole nitrogens is 1. The number of hydrogen-bond acceptors (Lipinski definition) is 4. The fourth-order valence-corrected chi connectivity index (χ4v) is 4.60. The molecule has 0 bridgehead atoms. The molecule has 7 heteroatoms. The lowest BCUT2D eigenvalue weighted by Gasteiger charge is -2.22. The van der Waals surface area contributed by atoms with E-state index in [0.717, 1.165) is 27.8 Å². The normalized spacial score (nSPS) is 14.8. The van der Waals surface area contributed by atoms with Crippen LogP contribution in [-0.4, -0.2) is 21.6 Å². The number of thioether (sulfide) groups is 1. The second-order valence-electron chi connectivity index (χ2n) is 7.20. The summed E-state index contributed by atoms with van der Waals surface area (Å²) < 4.78 is 0.961. The summed E-state index contributed by atoms with van der Waals surface area (Å²) >= 11 is 4.65. The van der Waals surface area contributed by atoms with Crippen molar-refractivity contribution in [1.82, 2.24) is 9.97 Å². The van der Waals surface area contributed by atoms with Gasteiger partial charge in [-0.3, -0.25) is 9.59 Å². The van der Waals surface area contributed by atoms with Crippen LogP contribution in [0.4, 0.5) is 5.69 Å². The maximum Gasteiger partial charge on any atom is 0.254 e. The first-order valence-corrected chi connectivity index (χ1v) is 11.6. The highest BCUT2D eigenvalue weighted by Gasteiger charge is 2.19. The molecular weight excluding hydrogens is 438 g/mol. The van der Waals surface area contributed by atoms with E-state index >= 15 is 0 Å². The molecule has 0 aliphatic heterocycles. The third-order valence-corrected chi connectivity index (χ3v) is 6.51. The Bertz CT molecular complexity index is 861. The van der Waals surface area contributed by atoms with Crippen LogP contribution >= 0.6 is 27.7 Å². The first-order valence-electron chi connectivity index (χ1n) is 9.85. The summed E-state index contributed by atoms with van der Waals surface area (Å²) in [5.41, 5.74) is 2.37. The van der Waals surface area contributed by atoms with Gasteiger partial charge >= 0.3 is 0 Å². The standard InChI is InChI=1S/C21H26BrN3O2S/c1-2-17-18(12-14-6-4-3-5-7-14)24-21(25-20(17)27)28-13-19(26)23-16-10-8-15(22)9-11-16/h8-11,14H,2-7,12-13H2,1H3,(H,23,26)(H,24,25,27). The van der Waals surface area contributed by atoms with E-state index in [0.29, 0.717) is 17.5 Å². The van der Waals surface area contributed by atoms with E-state index in [2.05, 4.69) is 26.2 Å². The number of carbonyl (C=O) groups is 1. The lowest BCUT2D eigenvalue weighted by Crippen LogP contribution is -2.21. The molecule has 2 N–H and O–H groups in total. The Labute approximate surface area is 178 Å². The van der Waals surface area contributed by atoms with Crippen molar-refractivity contribution in [1.29, 1.82) is 0 Å². The van der Waals surface area contributed by atoms with Gasteiger partial charge in [0.15, 0.2) is 5.16 Å². The van der Waals surface area contributed by atoms with Crippen molar-refractivity contribution >= 4 is 39.3 Å². The molecule has 0 atom stereocenters. The van der Waals surface area contributed by atoms with Crippen LogP contribution in [0.25, 0.3) is 0 Å². The molecule has 0 spiro atoms. The summed E-state index contributed by atoms with van der Waals surface area (Å²) in [5.74, 6) is 0.697. The Kier molecular flexibility index (Phi) is 7.73. The average Bonchev–Trinajstić information content (AvgIpc) is 2.69. The summed E-state index contributed by atoms with van der Waals surface area (Å²) in [7, 11) is 0. The molecule has 1 amide bonds. The van der Waals surface area contributed by atoms with Gasteiger partial charge in [-0.05, 0) is 43.0 Å². The molecular formula is C21H26BrN3O2S. The quantitative estimate of drug-likeness (QED) is 0.449. The third kappa shape index (κ3) is 5.95. The Morgan fingerprint density at radius 3 is 2.64 bits per heavy atom. The largest absolute Gasteiger partial charge is 0.325 e. The van der Waals surface area contributed by atoms with Gasteiger partial charge in [0.2, 0.25) is 5.91 Å². The SMILES string of the molecule is CCc1c(CC2CCCCC2)nc(SCC(=O)Nc2ccc(Br)cc2)[nH]c1=O. The van der Waals surface area contributed by atoms with E-state index in [1.807, 2.05) is 31.2 Å². The zero-order valence-corrected chi connectivity index (χ0v) is 18.5. The molecule has 2 aromatic rings. The van der Waals surface area contributed by atoms with Gasteiger partial charge in [-0.2, -0.15) is 0 Å². The van der Waals surface area contributed by atoms with Crippen LogP contribution in [0.3, 0.4) is 0 Å². The smallest absolute Gasteiger partial charge is 0.254 e. The Morgan fingerprint density at radius 1 is 1.25 bits per heavy atom. The fraction of sp³-hybridized carbons (Fsp3) is 0.476. The summed E-state index contributed by atoms with van der Waals surface area (Å²) in [6.07, 6.45) is 7.84. The van der Waals surface area contributed by atoms with E-state index in [1.165, 1.54) is 43.9 Å². The third-order valence-electron chi connectivity index (χ3n) is 5.11. The molecule has 5 nitrogen and oxygen atoms in total. The minimum atomic E-state index is -0.122. The van der Waals surface area contributed by atoms with Crippen LogP contribution in [0.2, 0.25) is 0 Å². The number of rotatable bonds is 7. The van der Waals surface area contributed by atoms with Crippen molar-refractivity contribution in [3.05, 3.63) is 50.3 Å². The molecule has 1 aliphatic rings. The minimum Gasteiger partial charge on any atom is -0.325 e. The predicted molar refractivity (Wildman–Crippen MR) is 118 cm³/mol. The Balaban J connectivity index is 1.65.